The van der Waals surface area contributed by atoms with Gasteiger partial charge in [-0.1, -0.05) is 0 Å². The topological polar surface area (TPSA) is 61.8 Å². The molecule has 0 heterocycles. The first-order chi connectivity index (χ1) is 6.15. The lowest BCUT2D eigenvalue weighted by Crippen LogP contribution is -2.09. The molecule has 1 aromatic carbocycles. The van der Waals surface area contributed by atoms with Gasteiger partial charge in [0.05, 0.1) is 5.69 Å². The number of hydrogen-bond donors (Lipinski definition) is 0. The number of hydrogen-bond acceptors (Lipinski definition) is 5. The highest BCUT2D eigenvalue weighted by molar-refractivity contribution is 14.1. The molecule has 1 aromatic rings. The molecule has 0 saturated carbocycles. The Morgan fingerprint density at radius 2 is 1.62 bits per heavy atom. The summed E-state index contributed by atoms with van der Waals surface area (Å²) < 4.78 is 4.39. The highest BCUT2D eigenvalue weighted by Crippen LogP contribution is 2.19. The lowest BCUT2D eigenvalue weighted by Gasteiger charge is -2.28. The molecule has 0 aliphatic rings. The molecule has 0 N–H and O–H groups in total. The molecule has 0 amide bonds. The van der Waals surface area contributed by atoms with Crippen molar-refractivity contribution in [1.82, 2.24) is 0 Å². The highest BCUT2D eigenvalue weighted by Gasteiger charge is 1.94. The van der Waals surface area contributed by atoms with E-state index in [-0.39, 0.29) is 0 Å². The van der Waals surface area contributed by atoms with Crippen molar-refractivity contribution in [2.75, 3.05) is 17.3 Å². The van der Waals surface area contributed by atoms with E-state index in [2.05, 4.69) is 3.17 Å². The van der Waals surface area contributed by atoms with E-state index in [0.29, 0.717) is 21.7 Å². The molecule has 1 rings (SSSR count). The summed E-state index contributed by atoms with van der Waals surface area (Å²) in [6.07, 6.45) is 0. The van der Waals surface area contributed by atoms with Crippen LogP contribution in [0.3, 0.4) is 0 Å². The summed E-state index contributed by atoms with van der Waals surface area (Å²) in [6, 6.07) is 6.11. The maximum Gasteiger partial charge on any atom is 0.144 e. The summed E-state index contributed by atoms with van der Waals surface area (Å²) in [5, 5.41) is 22.7. The van der Waals surface area contributed by atoms with Crippen LogP contribution in [0.5, 0.6) is 0 Å². The van der Waals surface area contributed by atoms with Crippen molar-refractivity contribution in [2.24, 2.45) is 0 Å². The van der Waals surface area contributed by atoms with Gasteiger partial charge in [0, 0.05) is 5.69 Å². The lowest BCUT2D eigenvalue weighted by molar-refractivity contribution is 0.433. The van der Waals surface area contributed by atoms with Gasteiger partial charge in [0.2, 0.25) is 0 Å². The van der Waals surface area contributed by atoms with Gasteiger partial charge in [0.1, 0.15) is 23.0 Å². The van der Waals surface area contributed by atoms with E-state index in [9.17, 15) is 10.4 Å². The van der Waals surface area contributed by atoms with E-state index in [1.165, 1.54) is 42.2 Å². The van der Waals surface area contributed by atoms with Crippen LogP contribution in [0.15, 0.2) is 24.3 Å². The molecule has 13 heavy (non-hydrogen) atoms. The minimum absolute atomic E-state index is 0.347. The molecule has 0 fully saturated rings. The maximum atomic E-state index is 10.9. The standard InChI is InChI=1S/C7H7IN2O3/c1-9(11)6-2-4-7(5-3-6)10(12)13-8/h2-5H,1H3/q-2. The molecule has 0 aromatic heterocycles. The SMILES string of the molecule is CN([O-])c1ccc(N([O-])OI)cc1. The number of anilines is 2. The normalized spacial score (nSPS) is 9.85. The Morgan fingerprint density at radius 3 is 2.00 bits per heavy atom. The Hall–Kier alpha value is -0.570. The van der Waals surface area contributed by atoms with E-state index in [0.717, 1.165) is 0 Å². The Balaban J connectivity index is 2.81. The van der Waals surface area contributed by atoms with Crippen molar-refractivity contribution in [3.05, 3.63) is 34.7 Å². The molecule has 0 bridgehead atoms. The molecule has 5 nitrogen and oxygen atoms in total. The third-order valence-electron chi connectivity index (χ3n) is 1.49. The van der Waals surface area contributed by atoms with Crippen molar-refractivity contribution >= 4 is 34.4 Å². The highest BCUT2D eigenvalue weighted by atomic mass is 127. The Morgan fingerprint density at radius 1 is 1.15 bits per heavy atom. The molecule has 0 unspecified atom stereocenters. The van der Waals surface area contributed by atoms with Gasteiger partial charge in [-0.25, -0.2) is 3.17 Å². The van der Waals surface area contributed by atoms with Gasteiger partial charge in [-0.2, -0.15) is 0 Å². The van der Waals surface area contributed by atoms with Gasteiger partial charge in [-0.05, 0) is 31.3 Å². The van der Waals surface area contributed by atoms with Crippen LogP contribution < -0.4 is 10.3 Å². The molecule has 0 aliphatic heterocycles. The fourth-order valence-electron chi connectivity index (χ4n) is 0.824. The van der Waals surface area contributed by atoms with Crippen LogP contribution in [0.2, 0.25) is 0 Å². The number of benzene rings is 1. The van der Waals surface area contributed by atoms with Crippen molar-refractivity contribution < 1.29 is 3.17 Å². The molecule has 0 radical (unpaired) electrons. The van der Waals surface area contributed by atoms with E-state index < -0.39 is 0 Å². The van der Waals surface area contributed by atoms with Gasteiger partial charge >= 0.3 is 0 Å². The van der Waals surface area contributed by atoms with E-state index in [1.807, 2.05) is 0 Å². The second kappa shape index (κ2) is 4.61. The summed E-state index contributed by atoms with van der Waals surface area (Å²) in [6.45, 7) is 0. The summed E-state index contributed by atoms with van der Waals surface area (Å²) in [7, 11) is 1.39. The van der Waals surface area contributed by atoms with Crippen LogP contribution in [0, 0.1) is 10.4 Å². The van der Waals surface area contributed by atoms with E-state index in [4.69, 9.17) is 0 Å². The quantitative estimate of drug-likeness (QED) is 0.631. The zero-order valence-electron chi connectivity index (χ0n) is 6.81. The molecule has 0 atom stereocenters. The Bertz CT molecular complexity index is 265. The molecular weight excluding hydrogens is 287 g/mol. The first-order valence-electron chi connectivity index (χ1n) is 3.42. The van der Waals surface area contributed by atoms with Crippen LogP contribution in [0.25, 0.3) is 0 Å². The van der Waals surface area contributed by atoms with Crippen molar-refractivity contribution in [3.8, 4) is 0 Å². The zero-order valence-corrected chi connectivity index (χ0v) is 8.96. The van der Waals surface area contributed by atoms with E-state index in [1.54, 1.807) is 12.1 Å². The second-order valence-electron chi connectivity index (χ2n) is 2.34. The van der Waals surface area contributed by atoms with Crippen LogP contribution in [-0.2, 0) is 3.17 Å². The minimum Gasteiger partial charge on any atom is -0.758 e. The third-order valence-corrected chi connectivity index (χ3v) is 1.84. The summed E-state index contributed by atoms with van der Waals surface area (Å²) in [5.74, 6) is 0. The van der Waals surface area contributed by atoms with Crippen molar-refractivity contribution in [2.45, 2.75) is 0 Å². The van der Waals surface area contributed by atoms with Gasteiger partial charge in [0.25, 0.3) is 0 Å². The third kappa shape index (κ3) is 2.69. The lowest BCUT2D eigenvalue weighted by atomic mass is 10.3. The molecule has 72 valence electrons. The molecule has 6 heteroatoms. The number of hydroxylamine groups is 1. The average molecular weight is 294 g/mol. The fourth-order valence-corrected chi connectivity index (χ4v) is 1.05. The Kier molecular flexibility index (Phi) is 3.72. The van der Waals surface area contributed by atoms with E-state index >= 15 is 0 Å². The fraction of sp³-hybridized carbons (Fsp3) is 0.143. The monoisotopic (exact) mass is 294 g/mol. The zero-order chi connectivity index (χ0) is 9.84. The summed E-state index contributed by atoms with van der Waals surface area (Å²) >= 11 is 1.48. The van der Waals surface area contributed by atoms with Crippen LogP contribution in [0.1, 0.15) is 0 Å². The first kappa shape index (κ1) is 10.5. The largest absolute Gasteiger partial charge is 0.758 e. The predicted octanol–water partition coefficient (Wildman–Crippen LogP) is 2.21. The van der Waals surface area contributed by atoms with Gasteiger partial charge in [-0.15, -0.1) is 0 Å². The molecule has 0 spiro atoms. The predicted molar refractivity (Wildman–Crippen MR) is 59.2 cm³/mol. The molecule has 0 aliphatic carbocycles. The number of rotatable bonds is 3. The minimum atomic E-state index is 0.347. The van der Waals surface area contributed by atoms with Gasteiger partial charge < -0.3 is 20.7 Å². The smallest absolute Gasteiger partial charge is 0.144 e. The van der Waals surface area contributed by atoms with Gasteiger partial charge in [-0.3, -0.25) is 0 Å². The second-order valence-corrected chi connectivity index (χ2v) is 2.73. The van der Waals surface area contributed by atoms with Gasteiger partial charge in [0.15, 0.2) is 0 Å². The van der Waals surface area contributed by atoms with Crippen molar-refractivity contribution in [3.63, 3.8) is 0 Å². The Labute approximate surface area is 89.7 Å². The maximum absolute atomic E-state index is 10.9. The first-order valence-corrected chi connectivity index (χ1v) is 4.30. The average Bonchev–Trinajstić information content (AvgIpc) is 2.17. The number of halogens is 1. The summed E-state index contributed by atoms with van der Waals surface area (Å²) in [5.41, 5.74) is 0.839. The number of nitrogens with zero attached hydrogens (tertiary/aromatic N) is 2. The van der Waals surface area contributed by atoms with Crippen LogP contribution in [0.4, 0.5) is 11.4 Å². The molecule has 0 saturated heterocycles. The summed E-state index contributed by atoms with van der Waals surface area (Å²) in [4.78, 5) is 0. The van der Waals surface area contributed by atoms with Crippen LogP contribution in [-0.4, -0.2) is 7.05 Å². The van der Waals surface area contributed by atoms with Crippen LogP contribution >= 0.6 is 23.0 Å². The molecular formula is C7H7IN2O3-2. The van der Waals surface area contributed by atoms with Crippen molar-refractivity contribution in [1.29, 1.82) is 0 Å².